The molecule has 0 saturated carbocycles. The lowest BCUT2D eigenvalue weighted by Gasteiger charge is -2.27. The van der Waals surface area contributed by atoms with Crippen molar-refractivity contribution in [3.63, 3.8) is 0 Å². The minimum atomic E-state index is 0.708. The van der Waals surface area contributed by atoms with Gasteiger partial charge < -0.3 is 0 Å². The largest absolute Gasteiger partial charge is 0.192 e. The van der Waals surface area contributed by atoms with Crippen LogP contribution in [0, 0.1) is 11.3 Å². The van der Waals surface area contributed by atoms with Crippen molar-refractivity contribution in [1.29, 1.82) is 5.26 Å². The van der Waals surface area contributed by atoms with Crippen molar-refractivity contribution in [3.8, 4) is 61.7 Å². The van der Waals surface area contributed by atoms with E-state index in [0.29, 0.717) is 5.56 Å². The molecular weight excluding hydrogens is 591 g/mol. The van der Waals surface area contributed by atoms with E-state index in [1.54, 1.807) is 0 Å². The summed E-state index contributed by atoms with van der Waals surface area (Å²) in [6, 6.07) is 55.3. The van der Waals surface area contributed by atoms with Gasteiger partial charge in [-0.1, -0.05) is 147 Å². The maximum absolute atomic E-state index is 10.6. The zero-order chi connectivity index (χ0) is 32.9. The van der Waals surface area contributed by atoms with Gasteiger partial charge in [0.1, 0.15) is 0 Å². The van der Waals surface area contributed by atoms with E-state index >= 15 is 0 Å². The van der Waals surface area contributed by atoms with Crippen molar-refractivity contribution in [2.24, 2.45) is 0 Å². The zero-order valence-electron chi connectivity index (χ0n) is 27.6. The first-order valence-corrected chi connectivity index (χ1v) is 17.5. The van der Waals surface area contributed by atoms with Crippen LogP contribution in [0.4, 0.5) is 0 Å². The summed E-state index contributed by atoms with van der Waals surface area (Å²) in [6.45, 7) is 2.27. The third kappa shape index (κ3) is 4.52. The Balaban J connectivity index is 1.61. The van der Waals surface area contributed by atoms with Gasteiger partial charge in [0.2, 0.25) is 0 Å². The van der Waals surface area contributed by atoms with Crippen LogP contribution in [0.3, 0.4) is 0 Å². The molecule has 232 valence electrons. The topological polar surface area (TPSA) is 23.8 Å². The molecule has 0 radical (unpaired) electrons. The Labute approximate surface area is 287 Å². The van der Waals surface area contributed by atoms with Crippen LogP contribution in [0.1, 0.15) is 37.3 Å². The van der Waals surface area contributed by atoms with E-state index in [2.05, 4.69) is 146 Å². The number of benzene rings is 8. The molecule has 0 aromatic heterocycles. The van der Waals surface area contributed by atoms with Crippen molar-refractivity contribution >= 4 is 32.3 Å². The Morgan fingerprint density at radius 2 is 1.00 bits per heavy atom. The third-order valence-corrected chi connectivity index (χ3v) is 10.4. The molecule has 0 spiro atoms. The van der Waals surface area contributed by atoms with Gasteiger partial charge >= 0.3 is 0 Å². The maximum Gasteiger partial charge on any atom is 0.0998 e. The van der Waals surface area contributed by atoms with Crippen LogP contribution in [0.2, 0.25) is 0 Å². The fourth-order valence-electron chi connectivity index (χ4n) is 8.44. The molecule has 1 heteroatoms. The molecule has 0 heterocycles. The Hall–Kier alpha value is -5.97. The maximum atomic E-state index is 10.6. The summed E-state index contributed by atoms with van der Waals surface area (Å²) in [5.74, 6) is 0. The highest BCUT2D eigenvalue weighted by Crippen LogP contribution is 2.62. The first-order chi connectivity index (χ1) is 24.3. The second kappa shape index (κ2) is 11.9. The van der Waals surface area contributed by atoms with Crippen molar-refractivity contribution in [2.45, 2.75) is 32.6 Å². The third-order valence-electron chi connectivity index (χ3n) is 10.4. The van der Waals surface area contributed by atoms with Crippen LogP contribution in [-0.2, 0) is 6.42 Å². The number of fused-ring (bicyclic) bond motifs is 7. The smallest absolute Gasteiger partial charge is 0.0998 e. The van der Waals surface area contributed by atoms with Gasteiger partial charge in [0.05, 0.1) is 11.6 Å². The van der Waals surface area contributed by atoms with Crippen molar-refractivity contribution in [1.82, 2.24) is 0 Å². The van der Waals surface area contributed by atoms with Crippen LogP contribution in [0.5, 0.6) is 0 Å². The Bertz CT molecular complexity index is 2600. The SMILES string of the molecule is CCCCCc1c(-c2ccccc2)c2c(c(-c3ccccc3)c1-c1ccccc1C#N)-c1c3ccccc3cc3cc4ccccc4c-2c13. The molecular formula is C48H35N. The van der Waals surface area contributed by atoms with Gasteiger partial charge in [-0.05, 0) is 119 Å². The standard InChI is InChI=1S/C48H35N/c1-2-3-6-27-40-41(31-17-7-4-8-18-31)47-45-37-24-14-11-21-33(37)28-36-29-34-22-12-15-25-38(34)46(43(36)45)48(47)42(32-19-9-5-10-20-32)44(40)39-26-16-13-23-35(39)30-49/h4-5,7-26,28-29H,2-3,6,27H2,1H3. The summed E-state index contributed by atoms with van der Waals surface area (Å²) >= 11 is 0. The molecule has 0 saturated heterocycles. The molecule has 1 nitrogen and oxygen atoms in total. The van der Waals surface area contributed by atoms with Gasteiger partial charge in [-0.2, -0.15) is 5.26 Å². The molecule has 0 bridgehead atoms. The average molecular weight is 626 g/mol. The highest BCUT2D eigenvalue weighted by Gasteiger charge is 2.35. The van der Waals surface area contributed by atoms with Crippen LogP contribution < -0.4 is 0 Å². The monoisotopic (exact) mass is 625 g/mol. The number of rotatable bonds is 7. The minimum Gasteiger partial charge on any atom is -0.192 e. The van der Waals surface area contributed by atoms with E-state index in [1.807, 2.05) is 12.1 Å². The van der Waals surface area contributed by atoms with Gasteiger partial charge in [0.15, 0.2) is 0 Å². The van der Waals surface area contributed by atoms with Crippen LogP contribution >= 0.6 is 0 Å². The molecule has 9 rings (SSSR count). The Morgan fingerprint density at radius 1 is 0.469 bits per heavy atom. The van der Waals surface area contributed by atoms with E-state index in [0.717, 1.165) is 31.2 Å². The first kappa shape index (κ1) is 29.2. The lowest BCUT2D eigenvalue weighted by Crippen LogP contribution is -2.04. The quantitative estimate of drug-likeness (QED) is 0.128. The number of hydrogen-bond donors (Lipinski definition) is 0. The second-order valence-corrected chi connectivity index (χ2v) is 13.2. The average Bonchev–Trinajstić information content (AvgIpc) is 3.52. The number of unbranched alkanes of at least 4 members (excludes halogenated alkanes) is 2. The van der Waals surface area contributed by atoms with E-state index in [-0.39, 0.29) is 0 Å². The molecule has 0 aliphatic heterocycles. The zero-order valence-corrected chi connectivity index (χ0v) is 27.6. The van der Waals surface area contributed by atoms with Crippen molar-refractivity contribution < 1.29 is 0 Å². The molecule has 0 fully saturated rings. The van der Waals surface area contributed by atoms with Crippen molar-refractivity contribution in [3.05, 3.63) is 157 Å². The lowest BCUT2D eigenvalue weighted by atomic mass is 9.76. The fraction of sp³-hybridized carbons (Fsp3) is 0.104. The lowest BCUT2D eigenvalue weighted by molar-refractivity contribution is 0.719. The fourth-order valence-corrected chi connectivity index (χ4v) is 8.44. The molecule has 8 aromatic rings. The van der Waals surface area contributed by atoms with Gasteiger partial charge in [-0.25, -0.2) is 0 Å². The number of nitrogens with zero attached hydrogens (tertiary/aromatic N) is 1. The first-order valence-electron chi connectivity index (χ1n) is 17.5. The molecule has 0 amide bonds. The Morgan fingerprint density at radius 3 is 1.61 bits per heavy atom. The minimum absolute atomic E-state index is 0.708. The molecule has 0 atom stereocenters. The molecule has 1 aliphatic carbocycles. The molecule has 0 N–H and O–H groups in total. The van der Waals surface area contributed by atoms with E-state index in [1.165, 1.54) is 88.0 Å². The summed E-state index contributed by atoms with van der Waals surface area (Å²) in [7, 11) is 0. The normalized spacial score (nSPS) is 11.7. The molecule has 1 aliphatic rings. The van der Waals surface area contributed by atoms with Crippen LogP contribution in [0.15, 0.2) is 146 Å². The van der Waals surface area contributed by atoms with Crippen LogP contribution in [0.25, 0.3) is 88.0 Å². The predicted octanol–water partition coefficient (Wildman–Crippen LogP) is 13.4. The summed E-state index contributed by atoms with van der Waals surface area (Å²) < 4.78 is 0. The summed E-state index contributed by atoms with van der Waals surface area (Å²) in [4.78, 5) is 0. The number of hydrogen-bond acceptors (Lipinski definition) is 1. The van der Waals surface area contributed by atoms with E-state index in [4.69, 9.17) is 0 Å². The molecule has 49 heavy (non-hydrogen) atoms. The molecule has 0 unspecified atom stereocenters. The summed E-state index contributed by atoms with van der Waals surface area (Å²) in [6.07, 6.45) is 4.29. The number of nitriles is 1. The van der Waals surface area contributed by atoms with Gasteiger partial charge in [0, 0.05) is 5.56 Å². The molecule has 8 aromatic carbocycles. The van der Waals surface area contributed by atoms with Crippen LogP contribution in [-0.4, -0.2) is 0 Å². The highest BCUT2D eigenvalue weighted by molar-refractivity contribution is 6.33. The highest BCUT2D eigenvalue weighted by atomic mass is 14.4. The summed E-state index contributed by atoms with van der Waals surface area (Å²) in [5, 5.41) is 18.2. The van der Waals surface area contributed by atoms with Gasteiger partial charge in [-0.3, -0.25) is 0 Å². The Kier molecular flexibility index (Phi) is 7.10. The van der Waals surface area contributed by atoms with E-state index < -0.39 is 0 Å². The second-order valence-electron chi connectivity index (χ2n) is 13.2. The predicted molar refractivity (Wildman–Crippen MR) is 208 cm³/mol. The van der Waals surface area contributed by atoms with E-state index in [9.17, 15) is 5.26 Å². The van der Waals surface area contributed by atoms with Crippen molar-refractivity contribution in [2.75, 3.05) is 0 Å². The van der Waals surface area contributed by atoms with Gasteiger partial charge in [0.25, 0.3) is 0 Å². The van der Waals surface area contributed by atoms with Gasteiger partial charge in [-0.15, -0.1) is 0 Å². The summed E-state index contributed by atoms with van der Waals surface area (Å²) in [5.41, 5.74) is 14.4.